The second-order valence-electron chi connectivity index (χ2n) is 14.3. The van der Waals surface area contributed by atoms with E-state index >= 15 is 4.39 Å². The van der Waals surface area contributed by atoms with Gasteiger partial charge in [0.2, 0.25) is 0 Å². The Hall–Kier alpha value is -6.01. The van der Waals surface area contributed by atoms with Crippen LogP contribution in [0, 0.1) is 11.2 Å². The molecule has 272 valence electrons. The molecule has 2 saturated heterocycles. The van der Waals surface area contributed by atoms with Crippen molar-refractivity contribution in [3.63, 3.8) is 0 Å². The summed E-state index contributed by atoms with van der Waals surface area (Å²) in [5.74, 6) is 0.0330. The minimum absolute atomic E-state index is 0.0524. The number of fused-ring (bicyclic) bond motifs is 2. The molecule has 2 fully saturated rings. The van der Waals surface area contributed by atoms with E-state index in [9.17, 15) is 9.90 Å². The molecule has 9 rings (SSSR count). The van der Waals surface area contributed by atoms with Gasteiger partial charge in [-0.15, -0.1) is 0 Å². The Balaban J connectivity index is 1.07. The van der Waals surface area contributed by atoms with Crippen LogP contribution in [0.4, 0.5) is 20.8 Å². The Bertz CT molecular complexity index is 2310. The van der Waals surface area contributed by atoms with E-state index in [4.69, 9.17) is 24.8 Å². The number of ether oxygens (including phenoxy) is 1. The Morgan fingerprint density at radius 2 is 1.65 bits per heavy atom. The molecule has 3 aliphatic rings. The first-order valence-electron chi connectivity index (χ1n) is 18.5. The summed E-state index contributed by atoms with van der Waals surface area (Å²) in [7, 11) is 0. The van der Waals surface area contributed by atoms with Gasteiger partial charge >= 0.3 is 6.09 Å². The third-order valence-corrected chi connectivity index (χ3v) is 11.1. The average Bonchev–Trinajstić information content (AvgIpc) is 3.73. The van der Waals surface area contributed by atoms with E-state index in [0.717, 1.165) is 55.2 Å². The van der Waals surface area contributed by atoms with Crippen molar-refractivity contribution in [2.45, 2.75) is 50.8 Å². The molecule has 5 heterocycles. The van der Waals surface area contributed by atoms with E-state index in [-0.39, 0.29) is 29.1 Å². The molecule has 11 nitrogen and oxygen atoms in total. The standard InChI is InChI=1S/C42H39FN8O3/c43-34-31(18-21-44-39(34)47-35(27-11-3-1-4-12-27)28-13-5-2-6-14-28)36-37-40(51(49-36)33-17-9-10-24-54-33)46-32(26-45-37)50-22-19-42(20-23-50)25-29-15-7-8-16-30(29)38(42)48-41(52)53/h1-8,11-16,18,21,26,33,38,48H,9-10,17,19-20,22-25H2,(H,52,53). The molecule has 0 bridgehead atoms. The number of pyridine rings is 1. The summed E-state index contributed by atoms with van der Waals surface area (Å²) in [6.07, 6.45) is 6.96. The highest BCUT2D eigenvalue weighted by molar-refractivity contribution is 6.13. The van der Waals surface area contributed by atoms with Gasteiger partial charge in [0.1, 0.15) is 17.0 Å². The van der Waals surface area contributed by atoms with Crippen LogP contribution in [0.2, 0.25) is 0 Å². The molecule has 3 aromatic carbocycles. The third-order valence-electron chi connectivity index (χ3n) is 11.1. The first-order valence-corrected chi connectivity index (χ1v) is 18.5. The van der Waals surface area contributed by atoms with Crippen molar-refractivity contribution in [1.82, 2.24) is 30.0 Å². The molecule has 2 atom stereocenters. The fourth-order valence-corrected chi connectivity index (χ4v) is 8.43. The summed E-state index contributed by atoms with van der Waals surface area (Å²) in [6, 6.07) is 28.8. The van der Waals surface area contributed by atoms with Crippen molar-refractivity contribution in [2.24, 2.45) is 10.4 Å². The Labute approximate surface area is 311 Å². The summed E-state index contributed by atoms with van der Waals surface area (Å²) in [4.78, 5) is 33.3. The molecule has 54 heavy (non-hydrogen) atoms. The second-order valence-corrected chi connectivity index (χ2v) is 14.3. The van der Waals surface area contributed by atoms with Crippen molar-refractivity contribution in [3.05, 3.63) is 131 Å². The van der Waals surface area contributed by atoms with E-state index < -0.39 is 11.9 Å². The van der Waals surface area contributed by atoms with E-state index in [1.807, 2.05) is 78.9 Å². The second kappa shape index (κ2) is 14.1. The molecule has 3 aromatic heterocycles. The summed E-state index contributed by atoms with van der Waals surface area (Å²) in [5.41, 5.74) is 5.87. The van der Waals surface area contributed by atoms with Gasteiger partial charge in [0.25, 0.3) is 0 Å². The summed E-state index contributed by atoms with van der Waals surface area (Å²) in [5, 5.41) is 17.5. The van der Waals surface area contributed by atoms with Gasteiger partial charge < -0.3 is 20.1 Å². The lowest BCUT2D eigenvalue weighted by Gasteiger charge is -2.43. The lowest BCUT2D eigenvalue weighted by Crippen LogP contribution is -2.47. The van der Waals surface area contributed by atoms with Crippen LogP contribution in [0.25, 0.3) is 22.4 Å². The van der Waals surface area contributed by atoms with E-state index in [0.29, 0.717) is 48.1 Å². The maximum absolute atomic E-state index is 16.7. The first-order chi connectivity index (χ1) is 26.5. The van der Waals surface area contributed by atoms with E-state index in [2.05, 4.69) is 21.3 Å². The monoisotopic (exact) mass is 722 g/mol. The van der Waals surface area contributed by atoms with Crippen LogP contribution < -0.4 is 10.2 Å². The van der Waals surface area contributed by atoms with Gasteiger partial charge in [-0.1, -0.05) is 84.9 Å². The first kappa shape index (κ1) is 33.8. The number of carboxylic acid groups (broad SMARTS) is 1. The lowest BCUT2D eigenvalue weighted by molar-refractivity contribution is -0.0368. The number of anilines is 1. The molecular formula is C42H39FN8O3. The zero-order chi connectivity index (χ0) is 36.6. The molecule has 1 amide bonds. The summed E-state index contributed by atoms with van der Waals surface area (Å²) >= 11 is 0. The molecule has 0 radical (unpaired) electrons. The predicted molar refractivity (Wildman–Crippen MR) is 203 cm³/mol. The number of benzene rings is 3. The van der Waals surface area contributed by atoms with Gasteiger partial charge in [-0.05, 0) is 55.7 Å². The van der Waals surface area contributed by atoms with E-state index in [1.165, 1.54) is 5.56 Å². The Kier molecular flexibility index (Phi) is 8.82. The molecule has 1 spiro atoms. The largest absolute Gasteiger partial charge is 0.465 e. The number of halogens is 1. The number of amides is 1. The fraction of sp³-hybridized carbons (Fsp3) is 0.286. The van der Waals surface area contributed by atoms with Crippen LogP contribution in [-0.4, -0.2) is 61.3 Å². The zero-order valence-electron chi connectivity index (χ0n) is 29.6. The van der Waals surface area contributed by atoms with Gasteiger partial charge in [0, 0.05) is 48.0 Å². The average molecular weight is 723 g/mol. The molecular weight excluding hydrogens is 684 g/mol. The maximum atomic E-state index is 16.7. The van der Waals surface area contributed by atoms with Crippen molar-refractivity contribution in [3.8, 4) is 11.3 Å². The van der Waals surface area contributed by atoms with Crippen LogP contribution >= 0.6 is 0 Å². The summed E-state index contributed by atoms with van der Waals surface area (Å²) < 4.78 is 24.6. The number of nitrogens with zero attached hydrogens (tertiary/aromatic N) is 7. The van der Waals surface area contributed by atoms with Gasteiger partial charge in [-0.2, -0.15) is 5.10 Å². The van der Waals surface area contributed by atoms with Crippen LogP contribution in [-0.2, 0) is 11.2 Å². The highest BCUT2D eigenvalue weighted by atomic mass is 19.1. The number of aromatic nitrogens is 5. The van der Waals surface area contributed by atoms with Crippen LogP contribution in [0.1, 0.15) is 66.6 Å². The summed E-state index contributed by atoms with van der Waals surface area (Å²) in [6.45, 7) is 1.96. The van der Waals surface area contributed by atoms with Crippen molar-refractivity contribution >= 4 is 34.6 Å². The predicted octanol–water partition coefficient (Wildman–Crippen LogP) is 8.05. The van der Waals surface area contributed by atoms with Crippen LogP contribution in [0.15, 0.2) is 108 Å². The highest BCUT2D eigenvalue weighted by Crippen LogP contribution is 2.52. The smallest absolute Gasteiger partial charge is 0.405 e. The molecule has 12 heteroatoms. The normalized spacial score (nSPS) is 19.1. The SMILES string of the molecule is O=C(O)NC1c2ccccc2CC12CCN(c1cnc3c(-c4ccnc(N=C(c5ccccc5)c5ccccc5)c4F)nn(C4CCCCO4)c3n1)CC2. The number of piperidine rings is 1. The van der Waals surface area contributed by atoms with Crippen molar-refractivity contribution in [1.29, 1.82) is 0 Å². The van der Waals surface area contributed by atoms with E-state index in [1.54, 1.807) is 23.1 Å². The number of hydrogen-bond donors (Lipinski definition) is 2. The quantitative estimate of drug-likeness (QED) is 0.158. The van der Waals surface area contributed by atoms with Crippen LogP contribution in [0.5, 0.6) is 0 Å². The molecule has 6 aromatic rings. The topological polar surface area (TPSA) is 131 Å². The molecule has 0 saturated carbocycles. The zero-order valence-corrected chi connectivity index (χ0v) is 29.6. The Morgan fingerprint density at radius 3 is 2.35 bits per heavy atom. The van der Waals surface area contributed by atoms with Gasteiger partial charge in [-0.25, -0.2) is 33.8 Å². The number of aliphatic imine (C=N–C) groups is 1. The minimum atomic E-state index is -1.01. The molecule has 2 N–H and O–H groups in total. The van der Waals surface area contributed by atoms with Gasteiger partial charge in [-0.3, -0.25) is 0 Å². The molecule has 2 aliphatic heterocycles. The lowest BCUT2D eigenvalue weighted by atomic mass is 9.72. The third kappa shape index (κ3) is 6.15. The van der Waals surface area contributed by atoms with Crippen LogP contribution in [0.3, 0.4) is 0 Å². The van der Waals surface area contributed by atoms with Gasteiger partial charge in [0.05, 0.1) is 18.0 Å². The van der Waals surface area contributed by atoms with Gasteiger partial charge in [0.15, 0.2) is 23.5 Å². The Morgan fingerprint density at radius 1 is 0.926 bits per heavy atom. The minimum Gasteiger partial charge on any atom is -0.465 e. The van der Waals surface area contributed by atoms with Crippen molar-refractivity contribution in [2.75, 3.05) is 24.6 Å². The highest BCUT2D eigenvalue weighted by Gasteiger charge is 2.48. The molecule has 2 unspecified atom stereocenters. The van der Waals surface area contributed by atoms with Crippen molar-refractivity contribution < 1.29 is 19.0 Å². The molecule has 1 aliphatic carbocycles. The maximum Gasteiger partial charge on any atom is 0.405 e. The number of rotatable bonds is 7. The number of nitrogens with one attached hydrogen (secondary N) is 1. The number of carbonyl (C=O) groups is 1. The fourth-order valence-electron chi connectivity index (χ4n) is 8.43. The number of hydrogen-bond acceptors (Lipinski definition) is 8.